The maximum absolute atomic E-state index is 11.5. The lowest BCUT2D eigenvalue weighted by molar-refractivity contribution is -0.144. The van der Waals surface area contributed by atoms with Crippen LogP contribution in [0.15, 0.2) is 29.2 Å². The van der Waals surface area contributed by atoms with Crippen molar-refractivity contribution in [3.05, 3.63) is 29.3 Å². The Morgan fingerprint density at radius 1 is 1.39 bits per heavy atom. The summed E-state index contributed by atoms with van der Waals surface area (Å²) in [7, 11) is 1.29. The van der Waals surface area contributed by atoms with Crippen LogP contribution >= 0.6 is 23.4 Å². The topological polar surface area (TPSA) is 55.4 Å². The number of benzene rings is 1. The zero-order chi connectivity index (χ0) is 13.5. The van der Waals surface area contributed by atoms with Crippen LogP contribution in [0.1, 0.15) is 6.92 Å². The molecule has 1 aromatic carbocycles. The predicted molar refractivity (Wildman–Crippen MR) is 71.8 cm³/mol. The minimum absolute atomic E-state index is 0.215. The van der Waals surface area contributed by atoms with Crippen molar-refractivity contribution in [3.63, 3.8) is 0 Å². The van der Waals surface area contributed by atoms with Gasteiger partial charge in [0.1, 0.15) is 6.04 Å². The molecule has 0 saturated carbocycles. The van der Waals surface area contributed by atoms with Crippen molar-refractivity contribution in [3.8, 4) is 0 Å². The molecule has 0 fully saturated rings. The van der Waals surface area contributed by atoms with Crippen molar-refractivity contribution in [2.24, 2.45) is 0 Å². The molecule has 4 nitrogen and oxygen atoms in total. The van der Waals surface area contributed by atoms with E-state index in [2.05, 4.69) is 10.1 Å². The van der Waals surface area contributed by atoms with E-state index in [1.807, 2.05) is 12.1 Å². The average molecular weight is 288 g/mol. The number of hydrogen-bond donors (Lipinski definition) is 1. The number of nitrogens with one attached hydrogen (secondary N) is 1. The Morgan fingerprint density at radius 3 is 2.56 bits per heavy atom. The second-order valence-electron chi connectivity index (χ2n) is 3.55. The van der Waals surface area contributed by atoms with E-state index < -0.39 is 12.0 Å². The Hall–Kier alpha value is -1.20. The van der Waals surface area contributed by atoms with Gasteiger partial charge in [-0.05, 0) is 31.2 Å². The van der Waals surface area contributed by atoms with Crippen LogP contribution in [0.25, 0.3) is 0 Å². The van der Waals surface area contributed by atoms with Crippen LogP contribution < -0.4 is 5.32 Å². The fourth-order valence-electron chi connectivity index (χ4n) is 1.20. The van der Waals surface area contributed by atoms with Gasteiger partial charge in [-0.1, -0.05) is 11.6 Å². The lowest BCUT2D eigenvalue weighted by Crippen LogP contribution is -2.40. The lowest BCUT2D eigenvalue weighted by Gasteiger charge is -2.11. The van der Waals surface area contributed by atoms with E-state index >= 15 is 0 Å². The first kappa shape index (κ1) is 14.9. The van der Waals surface area contributed by atoms with Crippen LogP contribution in [0, 0.1) is 0 Å². The maximum atomic E-state index is 11.5. The lowest BCUT2D eigenvalue weighted by atomic mass is 10.3. The molecule has 0 aliphatic rings. The highest BCUT2D eigenvalue weighted by Gasteiger charge is 2.15. The van der Waals surface area contributed by atoms with Gasteiger partial charge in [-0.25, -0.2) is 4.79 Å². The SMILES string of the molecule is COC(=O)[C@H](C)NC(=O)CSc1ccc(Cl)cc1. The molecule has 1 amide bonds. The van der Waals surface area contributed by atoms with Gasteiger partial charge in [0.05, 0.1) is 12.9 Å². The Morgan fingerprint density at radius 2 is 2.00 bits per heavy atom. The van der Waals surface area contributed by atoms with Crippen LogP contribution in [0.5, 0.6) is 0 Å². The Bertz CT molecular complexity index is 422. The zero-order valence-corrected chi connectivity index (χ0v) is 11.7. The molecule has 0 spiro atoms. The molecule has 0 radical (unpaired) electrons. The summed E-state index contributed by atoms with van der Waals surface area (Å²) in [5, 5.41) is 3.21. The normalized spacial score (nSPS) is 11.7. The molecule has 1 atom stereocenters. The number of halogens is 1. The van der Waals surface area contributed by atoms with E-state index in [9.17, 15) is 9.59 Å². The van der Waals surface area contributed by atoms with Gasteiger partial charge in [0, 0.05) is 9.92 Å². The molecule has 98 valence electrons. The average Bonchev–Trinajstić information content (AvgIpc) is 2.37. The Balaban J connectivity index is 2.37. The van der Waals surface area contributed by atoms with Crippen LogP contribution in [0.4, 0.5) is 0 Å². The molecule has 0 aliphatic carbocycles. The summed E-state index contributed by atoms with van der Waals surface area (Å²) in [5.74, 6) is -0.434. The van der Waals surface area contributed by atoms with Crippen LogP contribution in [0.2, 0.25) is 5.02 Å². The summed E-state index contributed by atoms with van der Waals surface area (Å²) < 4.78 is 4.51. The van der Waals surface area contributed by atoms with Gasteiger partial charge in [-0.15, -0.1) is 11.8 Å². The smallest absolute Gasteiger partial charge is 0.328 e. The third kappa shape index (κ3) is 4.98. The summed E-state index contributed by atoms with van der Waals surface area (Å²) in [4.78, 5) is 23.6. The number of ether oxygens (including phenoxy) is 1. The Kier molecular flexibility index (Phi) is 6.01. The standard InChI is InChI=1S/C12H14ClNO3S/c1-8(12(16)17-2)14-11(15)7-18-10-5-3-9(13)4-6-10/h3-6,8H,7H2,1-2H3,(H,14,15)/t8-/m0/s1. The summed E-state index contributed by atoms with van der Waals surface area (Å²) in [6.07, 6.45) is 0. The van der Waals surface area contributed by atoms with Gasteiger partial charge in [0.2, 0.25) is 5.91 Å². The summed E-state index contributed by atoms with van der Waals surface area (Å²) in [6, 6.07) is 6.57. The van der Waals surface area contributed by atoms with Crippen molar-refractivity contribution >= 4 is 35.2 Å². The zero-order valence-electron chi connectivity index (χ0n) is 10.1. The van der Waals surface area contributed by atoms with Gasteiger partial charge in [0.25, 0.3) is 0 Å². The third-order valence-corrected chi connectivity index (χ3v) is 3.38. The van der Waals surface area contributed by atoms with Crippen molar-refractivity contribution in [1.82, 2.24) is 5.32 Å². The third-order valence-electron chi connectivity index (χ3n) is 2.12. The molecule has 0 unspecified atom stereocenters. The largest absolute Gasteiger partial charge is 0.467 e. The molecule has 1 N–H and O–H groups in total. The van der Waals surface area contributed by atoms with Crippen molar-refractivity contribution in [2.75, 3.05) is 12.9 Å². The molecule has 1 rings (SSSR count). The quantitative estimate of drug-likeness (QED) is 0.666. The molecule has 0 aromatic heterocycles. The number of hydrogen-bond acceptors (Lipinski definition) is 4. The van der Waals surface area contributed by atoms with Gasteiger partial charge in [0.15, 0.2) is 0 Å². The molecule has 0 heterocycles. The summed E-state index contributed by atoms with van der Waals surface area (Å²) in [6.45, 7) is 1.58. The monoisotopic (exact) mass is 287 g/mol. The number of esters is 1. The van der Waals surface area contributed by atoms with Crippen LogP contribution in [0.3, 0.4) is 0 Å². The first-order chi connectivity index (χ1) is 8.52. The van der Waals surface area contributed by atoms with Crippen LogP contribution in [-0.2, 0) is 14.3 Å². The first-order valence-corrected chi connectivity index (χ1v) is 6.65. The number of carbonyl (C=O) groups is 2. The number of rotatable bonds is 5. The molecule has 6 heteroatoms. The molecule has 1 aromatic rings. The summed E-state index contributed by atoms with van der Waals surface area (Å²) >= 11 is 7.13. The van der Waals surface area contributed by atoms with E-state index in [0.29, 0.717) is 5.02 Å². The number of methoxy groups -OCH3 is 1. The molecule has 18 heavy (non-hydrogen) atoms. The van der Waals surface area contributed by atoms with E-state index in [1.54, 1.807) is 19.1 Å². The molecule has 0 aliphatic heterocycles. The Labute approximate surface area is 115 Å². The fourth-order valence-corrected chi connectivity index (χ4v) is 2.03. The molecule has 0 bridgehead atoms. The van der Waals surface area contributed by atoms with E-state index in [-0.39, 0.29) is 11.7 Å². The second kappa shape index (κ2) is 7.28. The minimum Gasteiger partial charge on any atom is -0.467 e. The number of carbonyl (C=O) groups excluding carboxylic acids is 2. The highest BCUT2D eigenvalue weighted by Crippen LogP contribution is 2.19. The van der Waals surface area contributed by atoms with Gasteiger partial charge < -0.3 is 10.1 Å². The first-order valence-electron chi connectivity index (χ1n) is 5.28. The van der Waals surface area contributed by atoms with Gasteiger partial charge >= 0.3 is 5.97 Å². The molecular formula is C12H14ClNO3S. The van der Waals surface area contributed by atoms with Gasteiger partial charge in [-0.3, -0.25) is 4.79 Å². The highest BCUT2D eigenvalue weighted by molar-refractivity contribution is 8.00. The van der Waals surface area contributed by atoms with Crippen molar-refractivity contribution in [1.29, 1.82) is 0 Å². The number of amides is 1. The van der Waals surface area contributed by atoms with E-state index in [0.717, 1.165) is 4.90 Å². The fraction of sp³-hybridized carbons (Fsp3) is 0.333. The van der Waals surface area contributed by atoms with Crippen molar-refractivity contribution in [2.45, 2.75) is 17.9 Å². The predicted octanol–water partition coefficient (Wildman–Crippen LogP) is 2.11. The summed E-state index contributed by atoms with van der Waals surface area (Å²) in [5.41, 5.74) is 0. The van der Waals surface area contributed by atoms with Gasteiger partial charge in [-0.2, -0.15) is 0 Å². The van der Waals surface area contributed by atoms with Crippen molar-refractivity contribution < 1.29 is 14.3 Å². The number of thioether (sulfide) groups is 1. The highest BCUT2D eigenvalue weighted by atomic mass is 35.5. The molecule has 0 saturated heterocycles. The second-order valence-corrected chi connectivity index (χ2v) is 5.04. The van der Waals surface area contributed by atoms with E-state index in [1.165, 1.54) is 18.9 Å². The minimum atomic E-state index is -0.631. The van der Waals surface area contributed by atoms with E-state index in [4.69, 9.17) is 11.6 Å². The maximum Gasteiger partial charge on any atom is 0.328 e. The molecular weight excluding hydrogens is 274 g/mol. The van der Waals surface area contributed by atoms with Crippen LogP contribution in [-0.4, -0.2) is 30.8 Å².